The summed E-state index contributed by atoms with van der Waals surface area (Å²) in [4.78, 5) is 0. The predicted octanol–water partition coefficient (Wildman–Crippen LogP) is -2.55. The van der Waals surface area contributed by atoms with Crippen LogP contribution >= 0.6 is 0 Å². The van der Waals surface area contributed by atoms with Gasteiger partial charge in [-0.2, -0.15) is 0 Å². The molecule has 0 saturated heterocycles. The molecule has 9 heteroatoms. The highest BCUT2D eigenvalue weighted by Gasteiger charge is 2.43. The fraction of sp³-hybridized carbons (Fsp3) is 1.00. The lowest BCUT2D eigenvalue weighted by Crippen LogP contribution is -2.50. The first-order valence-electron chi connectivity index (χ1n) is 4.90. The molecule has 0 radical (unpaired) electrons. The zero-order valence-corrected chi connectivity index (χ0v) is 11.1. The Kier molecular flexibility index (Phi) is 8.03. The first-order chi connectivity index (χ1) is 7.96. The molecule has 0 aromatic rings. The van der Waals surface area contributed by atoms with Crippen molar-refractivity contribution in [1.29, 1.82) is 0 Å². The van der Waals surface area contributed by atoms with Gasteiger partial charge < -0.3 is 38.1 Å². The molecule has 0 unspecified atom stereocenters. The van der Waals surface area contributed by atoms with E-state index in [2.05, 4.69) is 0 Å². The van der Waals surface area contributed by atoms with Crippen LogP contribution in [0, 0.1) is 0 Å². The standard InChI is InChI=1S/C8H20O8Si/c1-13-17(14-2,15-3)16-5-7(11)8(12)6(10)4-9/h6-12H,4-5H2,1-3H3/t6-,7+,8+/m1/s1. The molecule has 0 rings (SSSR count). The van der Waals surface area contributed by atoms with E-state index in [9.17, 15) is 10.2 Å². The van der Waals surface area contributed by atoms with Gasteiger partial charge in [-0.3, -0.25) is 0 Å². The maximum Gasteiger partial charge on any atom is 0.678 e. The van der Waals surface area contributed by atoms with Gasteiger partial charge in [-0.05, 0) is 0 Å². The molecule has 0 aliphatic carbocycles. The third-order valence-corrected chi connectivity index (χ3v) is 4.18. The molecule has 0 aliphatic heterocycles. The highest BCUT2D eigenvalue weighted by atomic mass is 28.4. The molecule has 0 spiro atoms. The molecular weight excluding hydrogens is 252 g/mol. The third kappa shape index (κ3) is 4.95. The second kappa shape index (κ2) is 8.08. The van der Waals surface area contributed by atoms with E-state index in [1.807, 2.05) is 0 Å². The molecule has 0 aromatic heterocycles. The SMILES string of the molecule is CO[Si](OC)(OC)OC[C@H](O)[C@@H](O)[C@H](O)CO. The molecule has 17 heavy (non-hydrogen) atoms. The smallest absolute Gasteiger partial charge is 0.394 e. The van der Waals surface area contributed by atoms with E-state index in [0.29, 0.717) is 0 Å². The average molecular weight is 272 g/mol. The van der Waals surface area contributed by atoms with Crippen LogP contribution < -0.4 is 0 Å². The van der Waals surface area contributed by atoms with Gasteiger partial charge in [0.15, 0.2) is 0 Å². The molecule has 0 amide bonds. The molecule has 0 bridgehead atoms. The van der Waals surface area contributed by atoms with E-state index in [4.69, 9.17) is 27.9 Å². The van der Waals surface area contributed by atoms with Crippen molar-refractivity contribution in [2.45, 2.75) is 18.3 Å². The van der Waals surface area contributed by atoms with Gasteiger partial charge in [0, 0.05) is 21.3 Å². The fourth-order valence-corrected chi connectivity index (χ4v) is 2.31. The summed E-state index contributed by atoms with van der Waals surface area (Å²) in [6.45, 7) is -1.03. The molecule has 0 aliphatic rings. The van der Waals surface area contributed by atoms with Gasteiger partial charge in [0.2, 0.25) is 0 Å². The first-order valence-corrected chi connectivity index (χ1v) is 6.54. The third-order valence-electron chi connectivity index (χ3n) is 2.16. The Morgan fingerprint density at radius 3 is 1.76 bits per heavy atom. The van der Waals surface area contributed by atoms with Gasteiger partial charge >= 0.3 is 9.05 Å². The number of aliphatic hydroxyl groups is 4. The summed E-state index contributed by atoms with van der Waals surface area (Å²) in [6, 6.07) is 0. The normalized spacial score (nSPS) is 17.8. The topological polar surface area (TPSA) is 118 Å². The number of aliphatic hydroxyl groups excluding tert-OH is 4. The van der Waals surface area contributed by atoms with Crippen LogP contribution in [0.15, 0.2) is 0 Å². The maximum absolute atomic E-state index is 9.48. The van der Waals surface area contributed by atoms with Gasteiger partial charge in [0.05, 0.1) is 13.2 Å². The summed E-state index contributed by atoms with van der Waals surface area (Å²) in [5.74, 6) is 0. The first kappa shape index (κ1) is 16.9. The van der Waals surface area contributed by atoms with Gasteiger partial charge in [0.1, 0.15) is 18.3 Å². The van der Waals surface area contributed by atoms with Crippen molar-refractivity contribution in [3.63, 3.8) is 0 Å². The molecular formula is C8H20O8Si. The zero-order chi connectivity index (χ0) is 13.5. The Labute approximate surface area is 101 Å². The molecule has 0 aromatic carbocycles. The van der Waals surface area contributed by atoms with Gasteiger partial charge in [-0.25, -0.2) is 0 Å². The van der Waals surface area contributed by atoms with Crippen molar-refractivity contribution in [1.82, 2.24) is 0 Å². The van der Waals surface area contributed by atoms with E-state index in [1.54, 1.807) is 0 Å². The zero-order valence-electron chi connectivity index (χ0n) is 10.1. The summed E-state index contributed by atoms with van der Waals surface area (Å²) >= 11 is 0. The molecule has 4 N–H and O–H groups in total. The number of hydrogen-bond donors (Lipinski definition) is 4. The van der Waals surface area contributed by atoms with E-state index in [-0.39, 0.29) is 6.61 Å². The lowest BCUT2D eigenvalue weighted by atomic mass is 10.1. The van der Waals surface area contributed by atoms with Crippen molar-refractivity contribution < 1.29 is 38.1 Å². The van der Waals surface area contributed by atoms with Crippen molar-refractivity contribution in [3.8, 4) is 0 Å². The van der Waals surface area contributed by atoms with Crippen molar-refractivity contribution >= 4 is 9.05 Å². The molecule has 0 fully saturated rings. The van der Waals surface area contributed by atoms with Gasteiger partial charge in [-0.15, -0.1) is 0 Å². The maximum atomic E-state index is 9.48. The molecule has 8 nitrogen and oxygen atoms in total. The van der Waals surface area contributed by atoms with Crippen LogP contribution in [-0.4, -0.2) is 82.3 Å². The number of hydrogen-bond acceptors (Lipinski definition) is 8. The summed E-state index contributed by atoms with van der Waals surface area (Å²) in [5.41, 5.74) is 0. The Hall–Kier alpha value is -0.103. The molecule has 0 heterocycles. The molecule has 104 valence electrons. The predicted molar refractivity (Wildman–Crippen MR) is 57.8 cm³/mol. The Bertz CT molecular complexity index is 192. The van der Waals surface area contributed by atoms with Crippen LogP contribution in [0.2, 0.25) is 0 Å². The highest BCUT2D eigenvalue weighted by Crippen LogP contribution is 2.10. The lowest BCUT2D eigenvalue weighted by Gasteiger charge is -2.26. The second-order valence-electron chi connectivity index (χ2n) is 3.23. The van der Waals surface area contributed by atoms with Crippen LogP contribution in [0.1, 0.15) is 0 Å². The Balaban J connectivity index is 4.25. The van der Waals surface area contributed by atoms with Gasteiger partial charge in [0.25, 0.3) is 0 Å². The van der Waals surface area contributed by atoms with Crippen LogP contribution in [0.5, 0.6) is 0 Å². The van der Waals surface area contributed by atoms with Crippen LogP contribution in [0.3, 0.4) is 0 Å². The minimum Gasteiger partial charge on any atom is -0.394 e. The quantitative estimate of drug-likeness (QED) is 0.339. The van der Waals surface area contributed by atoms with Crippen molar-refractivity contribution in [2.24, 2.45) is 0 Å². The highest BCUT2D eigenvalue weighted by molar-refractivity contribution is 6.53. The fourth-order valence-electron chi connectivity index (χ4n) is 1.08. The summed E-state index contributed by atoms with van der Waals surface area (Å²) < 4.78 is 19.9. The second-order valence-corrected chi connectivity index (χ2v) is 5.74. The Morgan fingerprint density at radius 1 is 0.941 bits per heavy atom. The average Bonchev–Trinajstić information content (AvgIpc) is 2.38. The van der Waals surface area contributed by atoms with E-state index < -0.39 is 34.0 Å². The van der Waals surface area contributed by atoms with Crippen molar-refractivity contribution in [3.05, 3.63) is 0 Å². The van der Waals surface area contributed by atoms with Gasteiger partial charge in [-0.1, -0.05) is 0 Å². The summed E-state index contributed by atoms with van der Waals surface area (Å²) in [5, 5.41) is 36.5. The minimum absolute atomic E-state index is 0.361. The summed E-state index contributed by atoms with van der Waals surface area (Å²) in [6.07, 6.45) is -4.38. The van der Waals surface area contributed by atoms with E-state index >= 15 is 0 Å². The molecule has 3 atom stereocenters. The largest absolute Gasteiger partial charge is 0.678 e. The summed E-state index contributed by atoms with van der Waals surface area (Å²) in [7, 11) is 0.686. The Morgan fingerprint density at radius 2 is 1.41 bits per heavy atom. The molecule has 0 saturated carbocycles. The van der Waals surface area contributed by atoms with Crippen LogP contribution in [0.25, 0.3) is 0 Å². The lowest BCUT2D eigenvalue weighted by molar-refractivity contribution is -0.101. The monoisotopic (exact) mass is 272 g/mol. The van der Waals surface area contributed by atoms with Crippen molar-refractivity contribution in [2.75, 3.05) is 34.5 Å². The van der Waals surface area contributed by atoms with Crippen LogP contribution in [0.4, 0.5) is 0 Å². The number of rotatable bonds is 9. The van der Waals surface area contributed by atoms with E-state index in [1.165, 1.54) is 21.3 Å². The van der Waals surface area contributed by atoms with Crippen LogP contribution in [-0.2, 0) is 17.7 Å². The van der Waals surface area contributed by atoms with E-state index in [0.717, 1.165) is 0 Å². The minimum atomic E-state index is -3.29.